The lowest BCUT2D eigenvalue weighted by Gasteiger charge is -2.24. The first kappa shape index (κ1) is 15.8. The van der Waals surface area contributed by atoms with Crippen LogP contribution in [-0.4, -0.2) is 52.5 Å². The van der Waals surface area contributed by atoms with Crippen molar-refractivity contribution < 1.29 is 12.9 Å². The highest BCUT2D eigenvalue weighted by atomic mass is 32.2. The fourth-order valence-electron chi connectivity index (χ4n) is 2.66. The SMILES string of the molecule is C=CCN(Cc1nc(-c2ccccn2)no1)[C@H]1CCS(=O)(=O)C1. The third-order valence-corrected chi connectivity index (χ3v) is 5.54. The summed E-state index contributed by atoms with van der Waals surface area (Å²) in [5, 5.41) is 3.94. The van der Waals surface area contributed by atoms with Crippen LogP contribution in [0.25, 0.3) is 11.5 Å². The molecule has 0 aliphatic carbocycles. The van der Waals surface area contributed by atoms with Gasteiger partial charge in [0.25, 0.3) is 0 Å². The van der Waals surface area contributed by atoms with Gasteiger partial charge in [0.1, 0.15) is 5.69 Å². The van der Waals surface area contributed by atoms with Gasteiger partial charge in [-0.2, -0.15) is 4.98 Å². The van der Waals surface area contributed by atoms with Crippen molar-refractivity contribution in [1.82, 2.24) is 20.0 Å². The molecule has 0 unspecified atom stereocenters. The predicted molar refractivity (Wildman–Crippen MR) is 85.2 cm³/mol. The fraction of sp³-hybridized carbons (Fsp3) is 0.400. The van der Waals surface area contributed by atoms with Crippen molar-refractivity contribution in [3.63, 3.8) is 0 Å². The second-order valence-electron chi connectivity index (χ2n) is 5.50. The first-order valence-corrected chi connectivity index (χ1v) is 9.19. The van der Waals surface area contributed by atoms with Gasteiger partial charge in [0, 0.05) is 18.8 Å². The maximum absolute atomic E-state index is 11.7. The third kappa shape index (κ3) is 3.83. The fourth-order valence-corrected chi connectivity index (χ4v) is 4.43. The largest absolute Gasteiger partial charge is 0.337 e. The summed E-state index contributed by atoms with van der Waals surface area (Å²) < 4.78 is 28.6. The topological polar surface area (TPSA) is 89.2 Å². The van der Waals surface area contributed by atoms with Crippen molar-refractivity contribution in [3.8, 4) is 11.5 Å². The molecule has 3 heterocycles. The normalized spacial score (nSPS) is 20.0. The molecule has 1 atom stereocenters. The molecular formula is C15H18N4O3S. The highest BCUT2D eigenvalue weighted by molar-refractivity contribution is 7.91. The Bertz CT molecular complexity index is 773. The number of nitrogens with zero attached hydrogens (tertiary/aromatic N) is 4. The van der Waals surface area contributed by atoms with Gasteiger partial charge in [-0.05, 0) is 18.6 Å². The molecule has 0 aromatic carbocycles. The van der Waals surface area contributed by atoms with Crippen LogP contribution in [-0.2, 0) is 16.4 Å². The molecular weight excluding hydrogens is 316 g/mol. The summed E-state index contributed by atoms with van der Waals surface area (Å²) in [6, 6.07) is 5.44. The van der Waals surface area contributed by atoms with Gasteiger partial charge in [0.05, 0.1) is 18.1 Å². The van der Waals surface area contributed by atoms with Crippen molar-refractivity contribution in [2.24, 2.45) is 0 Å². The number of aromatic nitrogens is 3. The molecule has 2 aromatic rings. The quantitative estimate of drug-likeness (QED) is 0.736. The monoisotopic (exact) mass is 334 g/mol. The van der Waals surface area contributed by atoms with Crippen LogP contribution in [0.3, 0.4) is 0 Å². The average molecular weight is 334 g/mol. The van der Waals surface area contributed by atoms with Crippen LogP contribution < -0.4 is 0 Å². The van der Waals surface area contributed by atoms with Gasteiger partial charge in [-0.15, -0.1) is 6.58 Å². The van der Waals surface area contributed by atoms with E-state index in [1.807, 2.05) is 17.0 Å². The Morgan fingerprint density at radius 2 is 2.30 bits per heavy atom. The standard InChI is InChI=1S/C15H18N4O3S/c1-2-8-19(12-6-9-23(20,21)11-12)10-14-17-15(18-22-14)13-5-3-4-7-16-13/h2-5,7,12H,1,6,8-11H2/t12-/m0/s1. The minimum atomic E-state index is -2.94. The molecule has 1 saturated heterocycles. The Labute approximate surface area is 135 Å². The molecule has 0 N–H and O–H groups in total. The lowest BCUT2D eigenvalue weighted by molar-refractivity contribution is 0.196. The van der Waals surface area contributed by atoms with Gasteiger partial charge in [-0.3, -0.25) is 9.88 Å². The molecule has 23 heavy (non-hydrogen) atoms. The first-order valence-electron chi connectivity index (χ1n) is 7.37. The van der Waals surface area contributed by atoms with Crippen LogP contribution in [0.2, 0.25) is 0 Å². The van der Waals surface area contributed by atoms with Crippen molar-refractivity contribution >= 4 is 9.84 Å². The molecule has 0 bridgehead atoms. The van der Waals surface area contributed by atoms with E-state index in [-0.39, 0.29) is 17.5 Å². The molecule has 1 aliphatic rings. The number of rotatable bonds is 6. The van der Waals surface area contributed by atoms with Crippen molar-refractivity contribution in [2.45, 2.75) is 19.0 Å². The average Bonchev–Trinajstić information content (AvgIpc) is 3.14. The van der Waals surface area contributed by atoms with Gasteiger partial charge in [-0.25, -0.2) is 8.42 Å². The maximum Gasteiger partial charge on any atom is 0.241 e. The Morgan fingerprint density at radius 3 is 2.96 bits per heavy atom. The summed E-state index contributed by atoms with van der Waals surface area (Å²) in [5.41, 5.74) is 0.640. The lowest BCUT2D eigenvalue weighted by atomic mass is 10.2. The van der Waals surface area contributed by atoms with Gasteiger partial charge >= 0.3 is 0 Å². The zero-order valence-electron chi connectivity index (χ0n) is 12.6. The van der Waals surface area contributed by atoms with E-state index in [4.69, 9.17) is 4.52 Å². The van der Waals surface area contributed by atoms with E-state index in [1.54, 1.807) is 18.3 Å². The number of sulfone groups is 1. The number of hydrogen-bond acceptors (Lipinski definition) is 7. The summed E-state index contributed by atoms with van der Waals surface area (Å²) in [5.74, 6) is 1.27. The van der Waals surface area contributed by atoms with Crippen LogP contribution in [0.1, 0.15) is 12.3 Å². The molecule has 3 rings (SSSR count). The van der Waals surface area contributed by atoms with Crippen molar-refractivity contribution in [3.05, 3.63) is 42.9 Å². The molecule has 0 radical (unpaired) electrons. The van der Waals surface area contributed by atoms with E-state index in [1.165, 1.54) is 0 Å². The molecule has 0 spiro atoms. The molecule has 122 valence electrons. The second-order valence-corrected chi connectivity index (χ2v) is 7.73. The van der Waals surface area contributed by atoms with Gasteiger partial charge in [-0.1, -0.05) is 17.3 Å². The van der Waals surface area contributed by atoms with E-state index in [2.05, 4.69) is 21.7 Å². The van der Waals surface area contributed by atoms with Crippen LogP contribution in [0.15, 0.2) is 41.6 Å². The third-order valence-electron chi connectivity index (χ3n) is 3.79. The molecule has 0 saturated carbocycles. The molecule has 1 fully saturated rings. The molecule has 1 aliphatic heterocycles. The summed E-state index contributed by atoms with van der Waals surface area (Å²) in [4.78, 5) is 10.5. The Hall–Kier alpha value is -2.06. The van der Waals surface area contributed by atoms with E-state index in [0.717, 1.165) is 0 Å². The second kappa shape index (κ2) is 6.59. The van der Waals surface area contributed by atoms with Crippen LogP contribution in [0.5, 0.6) is 0 Å². The summed E-state index contributed by atoms with van der Waals surface area (Å²) in [6.45, 7) is 4.70. The predicted octanol–water partition coefficient (Wildman–Crippen LogP) is 1.31. The van der Waals surface area contributed by atoms with Gasteiger partial charge in [0.15, 0.2) is 9.84 Å². The molecule has 7 nitrogen and oxygen atoms in total. The molecule has 2 aromatic heterocycles. The number of hydrogen-bond donors (Lipinski definition) is 0. The summed E-state index contributed by atoms with van der Waals surface area (Å²) in [7, 11) is -2.94. The van der Waals surface area contributed by atoms with E-state index < -0.39 is 9.84 Å². The van der Waals surface area contributed by atoms with E-state index in [0.29, 0.717) is 36.9 Å². The van der Waals surface area contributed by atoms with E-state index in [9.17, 15) is 8.42 Å². The van der Waals surface area contributed by atoms with Crippen molar-refractivity contribution in [2.75, 3.05) is 18.1 Å². The lowest BCUT2D eigenvalue weighted by Crippen LogP contribution is -2.35. The zero-order chi connectivity index (χ0) is 16.3. The molecule has 0 amide bonds. The van der Waals surface area contributed by atoms with Gasteiger partial charge in [0.2, 0.25) is 11.7 Å². The first-order chi connectivity index (χ1) is 11.1. The van der Waals surface area contributed by atoms with Crippen LogP contribution in [0.4, 0.5) is 0 Å². The Kier molecular flexibility index (Phi) is 4.53. The maximum atomic E-state index is 11.7. The number of pyridine rings is 1. The van der Waals surface area contributed by atoms with E-state index >= 15 is 0 Å². The highest BCUT2D eigenvalue weighted by Crippen LogP contribution is 2.20. The van der Waals surface area contributed by atoms with Crippen molar-refractivity contribution in [1.29, 1.82) is 0 Å². The Balaban J connectivity index is 1.74. The minimum absolute atomic E-state index is 0.0387. The smallest absolute Gasteiger partial charge is 0.241 e. The highest BCUT2D eigenvalue weighted by Gasteiger charge is 2.32. The Morgan fingerprint density at radius 1 is 1.43 bits per heavy atom. The summed E-state index contributed by atoms with van der Waals surface area (Å²) >= 11 is 0. The zero-order valence-corrected chi connectivity index (χ0v) is 13.4. The van der Waals surface area contributed by atoms with Crippen LogP contribution >= 0.6 is 0 Å². The van der Waals surface area contributed by atoms with Gasteiger partial charge < -0.3 is 4.52 Å². The summed E-state index contributed by atoms with van der Waals surface area (Å²) in [6.07, 6.45) is 4.04. The molecule has 8 heteroatoms. The minimum Gasteiger partial charge on any atom is -0.337 e. The van der Waals surface area contributed by atoms with Crippen LogP contribution in [0, 0.1) is 0 Å².